The summed E-state index contributed by atoms with van der Waals surface area (Å²) in [5, 5.41) is 9.16. The number of nitrogen functional groups attached to an aromatic ring is 1. The number of sulfonamides is 1. The standard InChI is InChI=1S/C11H14ClFN2O3S/c12-7-3-9(14)11(13)10(4-7)19(17,18)15-5-6-1-8(16)2-6/h3-4,6,8,15-16H,1-2,5,14H2. The lowest BCUT2D eigenvalue weighted by Crippen LogP contribution is -2.38. The fourth-order valence-electron chi connectivity index (χ4n) is 1.95. The van der Waals surface area contributed by atoms with E-state index in [1.807, 2.05) is 0 Å². The normalized spacial score (nSPS) is 23.1. The van der Waals surface area contributed by atoms with Crippen LogP contribution in [0.5, 0.6) is 0 Å². The van der Waals surface area contributed by atoms with Crippen molar-refractivity contribution in [3.05, 3.63) is 23.0 Å². The van der Waals surface area contributed by atoms with Crippen molar-refractivity contribution in [2.24, 2.45) is 5.92 Å². The van der Waals surface area contributed by atoms with Crippen molar-refractivity contribution in [2.75, 3.05) is 12.3 Å². The minimum Gasteiger partial charge on any atom is -0.396 e. The molecule has 1 aromatic carbocycles. The van der Waals surface area contributed by atoms with Crippen LogP contribution >= 0.6 is 11.6 Å². The minimum absolute atomic E-state index is 0.0540. The van der Waals surface area contributed by atoms with Gasteiger partial charge in [0.25, 0.3) is 0 Å². The average Bonchev–Trinajstić information content (AvgIpc) is 2.27. The number of nitrogens with two attached hydrogens (primary N) is 1. The molecule has 19 heavy (non-hydrogen) atoms. The number of halogens is 2. The first-order chi connectivity index (χ1) is 8.79. The highest BCUT2D eigenvalue weighted by atomic mass is 35.5. The lowest BCUT2D eigenvalue weighted by Gasteiger charge is -2.31. The highest BCUT2D eigenvalue weighted by Crippen LogP contribution is 2.28. The number of nitrogens with one attached hydrogen (secondary N) is 1. The molecular formula is C11H14ClFN2O3S. The number of hydrogen-bond donors (Lipinski definition) is 3. The van der Waals surface area contributed by atoms with E-state index < -0.39 is 20.7 Å². The molecule has 0 heterocycles. The molecule has 1 fully saturated rings. The van der Waals surface area contributed by atoms with Crippen molar-refractivity contribution in [3.63, 3.8) is 0 Å². The molecule has 1 saturated carbocycles. The fourth-order valence-corrected chi connectivity index (χ4v) is 3.49. The molecular weight excluding hydrogens is 295 g/mol. The second-order valence-electron chi connectivity index (χ2n) is 4.65. The Bertz CT molecular complexity index is 588. The predicted molar refractivity (Wildman–Crippen MR) is 69.7 cm³/mol. The largest absolute Gasteiger partial charge is 0.396 e. The molecule has 8 heteroatoms. The summed E-state index contributed by atoms with van der Waals surface area (Å²) < 4.78 is 39.9. The summed E-state index contributed by atoms with van der Waals surface area (Å²) >= 11 is 5.68. The van der Waals surface area contributed by atoms with Crippen LogP contribution in [-0.4, -0.2) is 26.2 Å². The number of hydrogen-bond acceptors (Lipinski definition) is 4. The van der Waals surface area contributed by atoms with Crippen LogP contribution < -0.4 is 10.5 Å². The van der Waals surface area contributed by atoms with Crippen LogP contribution in [0.4, 0.5) is 10.1 Å². The zero-order chi connectivity index (χ0) is 14.2. The first-order valence-electron chi connectivity index (χ1n) is 5.72. The first-order valence-corrected chi connectivity index (χ1v) is 7.58. The van der Waals surface area contributed by atoms with Crippen molar-refractivity contribution in [1.82, 2.24) is 4.72 Å². The molecule has 0 bridgehead atoms. The SMILES string of the molecule is Nc1cc(Cl)cc(S(=O)(=O)NCC2CC(O)C2)c1F. The third kappa shape index (κ3) is 3.17. The molecule has 5 nitrogen and oxygen atoms in total. The molecule has 0 aliphatic heterocycles. The van der Waals surface area contributed by atoms with E-state index in [1.165, 1.54) is 0 Å². The quantitative estimate of drug-likeness (QED) is 0.727. The highest BCUT2D eigenvalue weighted by Gasteiger charge is 2.29. The topological polar surface area (TPSA) is 92.4 Å². The van der Waals surface area contributed by atoms with Crippen LogP contribution in [0.15, 0.2) is 17.0 Å². The van der Waals surface area contributed by atoms with Crippen LogP contribution in [0.1, 0.15) is 12.8 Å². The van der Waals surface area contributed by atoms with E-state index in [2.05, 4.69) is 4.72 Å². The monoisotopic (exact) mass is 308 g/mol. The number of aliphatic hydroxyl groups is 1. The van der Waals surface area contributed by atoms with Gasteiger partial charge < -0.3 is 10.8 Å². The van der Waals surface area contributed by atoms with Gasteiger partial charge in [-0.15, -0.1) is 0 Å². The molecule has 0 unspecified atom stereocenters. The van der Waals surface area contributed by atoms with Crippen LogP contribution in [0.2, 0.25) is 5.02 Å². The first kappa shape index (κ1) is 14.5. The maximum Gasteiger partial charge on any atom is 0.243 e. The van der Waals surface area contributed by atoms with Gasteiger partial charge in [0.1, 0.15) is 4.90 Å². The van der Waals surface area contributed by atoms with E-state index in [-0.39, 0.29) is 29.3 Å². The second kappa shape index (κ2) is 5.24. The minimum atomic E-state index is -4.00. The average molecular weight is 309 g/mol. The van der Waals surface area contributed by atoms with Crippen LogP contribution in [0, 0.1) is 11.7 Å². The molecule has 1 aliphatic rings. The summed E-state index contributed by atoms with van der Waals surface area (Å²) in [6, 6.07) is 2.17. The number of rotatable bonds is 4. The van der Waals surface area contributed by atoms with Crippen molar-refractivity contribution in [3.8, 4) is 0 Å². The molecule has 1 aliphatic carbocycles. The third-order valence-electron chi connectivity index (χ3n) is 3.09. The van der Waals surface area contributed by atoms with Gasteiger partial charge in [-0.2, -0.15) is 0 Å². The van der Waals surface area contributed by atoms with E-state index in [9.17, 15) is 12.8 Å². The van der Waals surface area contributed by atoms with Crippen molar-refractivity contribution < 1.29 is 17.9 Å². The molecule has 0 radical (unpaired) electrons. The smallest absolute Gasteiger partial charge is 0.243 e. The van der Waals surface area contributed by atoms with Crippen LogP contribution in [-0.2, 0) is 10.0 Å². The molecule has 0 amide bonds. The maximum absolute atomic E-state index is 13.7. The Balaban J connectivity index is 2.15. The highest BCUT2D eigenvalue weighted by molar-refractivity contribution is 7.89. The van der Waals surface area contributed by atoms with E-state index in [0.717, 1.165) is 12.1 Å². The Morgan fingerprint density at radius 2 is 2.11 bits per heavy atom. The molecule has 1 aromatic rings. The molecule has 0 saturated heterocycles. The number of anilines is 1. The van der Waals surface area contributed by atoms with E-state index in [1.54, 1.807) is 0 Å². The Morgan fingerprint density at radius 3 is 2.68 bits per heavy atom. The lowest BCUT2D eigenvalue weighted by molar-refractivity contribution is 0.0453. The van der Waals surface area contributed by atoms with Crippen molar-refractivity contribution in [1.29, 1.82) is 0 Å². The Hall–Kier alpha value is -0.890. The Morgan fingerprint density at radius 1 is 1.47 bits per heavy atom. The van der Waals surface area contributed by atoms with Gasteiger partial charge in [-0.1, -0.05) is 11.6 Å². The number of aliphatic hydroxyl groups excluding tert-OH is 1. The molecule has 2 rings (SSSR count). The molecule has 0 spiro atoms. The zero-order valence-corrected chi connectivity index (χ0v) is 11.5. The summed E-state index contributed by atoms with van der Waals surface area (Å²) in [4.78, 5) is -0.558. The summed E-state index contributed by atoms with van der Waals surface area (Å²) in [7, 11) is -4.00. The lowest BCUT2D eigenvalue weighted by atomic mass is 9.83. The second-order valence-corrected chi connectivity index (χ2v) is 6.82. The maximum atomic E-state index is 13.7. The van der Waals surface area contributed by atoms with Crippen molar-refractivity contribution >= 4 is 27.3 Å². The van der Waals surface area contributed by atoms with Crippen LogP contribution in [0.25, 0.3) is 0 Å². The number of benzene rings is 1. The van der Waals surface area contributed by atoms with Gasteiger partial charge in [0, 0.05) is 11.6 Å². The predicted octanol–water partition coefficient (Wildman–Crippen LogP) is 1.11. The van der Waals surface area contributed by atoms with Gasteiger partial charge in [0.15, 0.2) is 5.82 Å². The summed E-state index contributed by atoms with van der Waals surface area (Å²) in [6.45, 7) is 0.158. The molecule has 106 valence electrons. The van der Waals surface area contributed by atoms with Gasteiger partial charge in [0.2, 0.25) is 10.0 Å². The van der Waals surface area contributed by atoms with E-state index in [0.29, 0.717) is 12.8 Å². The van der Waals surface area contributed by atoms with E-state index in [4.69, 9.17) is 22.4 Å². The van der Waals surface area contributed by atoms with Gasteiger partial charge in [-0.05, 0) is 30.9 Å². The van der Waals surface area contributed by atoms with Crippen LogP contribution in [0.3, 0.4) is 0 Å². The fraction of sp³-hybridized carbons (Fsp3) is 0.455. The Labute approximate surface area is 115 Å². The van der Waals surface area contributed by atoms with E-state index >= 15 is 0 Å². The summed E-state index contributed by atoms with van der Waals surface area (Å²) in [5.74, 6) is -0.935. The molecule has 0 atom stereocenters. The molecule has 4 N–H and O–H groups in total. The van der Waals surface area contributed by atoms with Gasteiger partial charge in [-0.25, -0.2) is 17.5 Å². The van der Waals surface area contributed by atoms with Crippen molar-refractivity contribution in [2.45, 2.75) is 23.8 Å². The third-order valence-corrected chi connectivity index (χ3v) is 4.74. The van der Waals surface area contributed by atoms with Gasteiger partial charge in [0.05, 0.1) is 11.8 Å². The zero-order valence-electron chi connectivity index (χ0n) is 9.94. The van der Waals surface area contributed by atoms with Gasteiger partial charge >= 0.3 is 0 Å². The summed E-state index contributed by atoms with van der Waals surface area (Å²) in [6.07, 6.45) is 0.721. The molecule has 0 aromatic heterocycles. The summed E-state index contributed by atoms with van der Waals surface area (Å²) in [5.41, 5.74) is 5.03. The van der Waals surface area contributed by atoms with Gasteiger partial charge in [-0.3, -0.25) is 0 Å². The Kier molecular flexibility index (Phi) is 4.00.